The van der Waals surface area contributed by atoms with Crippen molar-refractivity contribution in [1.82, 2.24) is 4.98 Å². The minimum atomic E-state index is -4.58. The zero-order valence-electron chi connectivity index (χ0n) is 10.4. The summed E-state index contributed by atoms with van der Waals surface area (Å²) in [5.41, 5.74) is -2.96. The van der Waals surface area contributed by atoms with Crippen LogP contribution in [-0.2, 0) is 11.8 Å². The van der Waals surface area contributed by atoms with E-state index < -0.39 is 17.3 Å². The van der Waals surface area contributed by atoms with Crippen LogP contribution in [-0.4, -0.2) is 10.1 Å². The highest BCUT2D eigenvalue weighted by Crippen LogP contribution is 2.40. The van der Waals surface area contributed by atoms with Gasteiger partial charge in [0.05, 0.1) is 5.56 Å². The second kappa shape index (κ2) is 5.07. The molecule has 106 valence electrons. The lowest BCUT2D eigenvalue weighted by molar-refractivity contribution is -0.140. The molecule has 2 rings (SSSR count). The highest BCUT2D eigenvalue weighted by molar-refractivity contribution is 6.31. The quantitative estimate of drug-likeness (QED) is 0.909. The molecule has 20 heavy (non-hydrogen) atoms. The Balaban J connectivity index is 2.65. The molecule has 0 amide bonds. The zero-order valence-corrected chi connectivity index (χ0v) is 11.2. The van der Waals surface area contributed by atoms with Gasteiger partial charge in [0.15, 0.2) is 0 Å². The van der Waals surface area contributed by atoms with Gasteiger partial charge >= 0.3 is 6.18 Å². The van der Waals surface area contributed by atoms with E-state index in [2.05, 4.69) is 4.98 Å². The van der Waals surface area contributed by atoms with Crippen molar-refractivity contribution in [3.8, 4) is 0 Å². The van der Waals surface area contributed by atoms with Crippen molar-refractivity contribution in [2.24, 2.45) is 0 Å². The first-order chi connectivity index (χ1) is 9.24. The van der Waals surface area contributed by atoms with Crippen LogP contribution in [0.25, 0.3) is 0 Å². The molecule has 0 fully saturated rings. The molecule has 0 radical (unpaired) electrons. The molecule has 0 saturated heterocycles. The van der Waals surface area contributed by atoms with E-state index in [4.69, 9.17) is 11.6 Å². The highest BCUT2D eigenvalue weighted by Gasteiger charge is 2.40. The highest BCUT2D eigenvalue weighted by atomic mass is 35.5. The van der Waals surface area contributed by atoms with Gasteiger partial charge in [0.1, 0.15) is 5.60 Å². The van der Waals surface area contributed by atoms with Crippen LogP contribution in [0.3, 0.4) is 0 Å². The van der Waals surface area contributed by atoms with Gasteiger partial charge in [-0.25, -0.2) is 0 Å². The summed E-state index contributed by atoms with van der Waals surface area (Å²) < 4.78 is 39.1. The Kier molecular flexibility index (Phi) is 3.75. The fourth-order valence-electron chi connectivity index (χ4n) is 2.03. The smallest absolute Gasteiger partial charge is 0.381 e. The molecule has 0 bridgehead atoms. The van der Waals surface area contributed by atoms with Crippen molar-refractivity contribution >= 4 is 11.6 Å². The van der Waals surface area contributed by atoms with E-state index in [0.717, 1.165) is 18.5 Å². The second-order valence-corrected chi connectivity index (χ2v) is 4.88. The van der Waals surface area contributed by atoms with E-state index in [1.54, 1.807) is 12.1 Å². The lowest BCUT2D eigenvalue weighted by atomic mass is 9.86. The molecule has 2 aromatic rings. The van der Waals surface area contributed by atoms with Crippen LogP contribution in [0, 0.1) is 0 Å². The summed E-state index contributed by atoms with van der Waals surface area (Å²) in [5, 5.41) is 10.7. The molecule has 2 nitrogen and oxygen atoms in total. The van der Waals surface area contributed by atoms with E-state index in [0.29, 0.717) is 0 Å². The predicted octanol–water partition coefficient (Wildman–Crippen LogP) is 4.01. The van der Waals surface area contributed by atoms with Gasteiger partial charge in [-0.2, -0.15) is 13.2 Å². The van der Waals surface area contributed by atoms with Crippen LogP contribution in [0.5, 0.6) is 0 Å². The van der Waals surface area contributed by atoms with Crippen molar-refractivity contribution < 1.29 is 18.3 Å². The van der Waals surface area contributed by atoms with Crippen molar-refractivity contribution in [1.29, 1.82) is 0 Å². The first-order valence-corrected chi connectivity index (χ1v) is 6.11. The Bertz CT molecular complexity index is 626. The van der Waals surface area contributed by atoms with Gasteiger partial charge in [-0.05, 0) is 19.1 Å². The molecule has 6 heteroatoms. The Morgan fingerprint density at radius 2 is 1.70 bits per heavy atom. The third-order valence-electron chi connectivity index (χ3n) is 3.05. The molecule has 1 atom stereocenters. The maximum Gasteiger partial charge on any atom is 0.416 e. The number of hydrogen-bond acceptors (Lipinski definition) is 2. The zero-order chi connectivity index (χ0) is 15.0. The predicted molar refractivity (Wildman–Crippen MR) is 69.4 cm³/mol. The summed E-state index contributed by atoms with van der Waals surface area (Å²) in [6.07, 6.45) is -2.54. The van der Waals surface area contributed by atoms with Crippen molar-refractivity contribution in [2.75, 3.05) is 0 Å². The number of alkyl halides is 3. The van der Waals surface area contributed by atoms with E-state index in [9.17, 15) is 18.3 Å². The Hall–Kier alpha value is -1.59. The number of benzene rings is 1. The first-order valence-electron chi connectivity index (χ1n) is 5.73. The summed E-state index contributed by atoms with van der Waals surface area (Å²) in [7, 11) is 0. The fourth-order valence-corrected chi connectivity index (χ4v) is 2.35. The van der Waals surface area contributed by atoms with Crippen molar-refractivity contribution in [3.63, 3.8) is 0 Å². The number of aromatic nitrogens is 1. The molecule has 0 aliphatic heterocycles. The molecule has 1 N–H and O–H groups in total. The molecular formula is C14H11ClF3NO. The summed E-state index contributed by atoms with van der Waals surface area (Å²) in [6, 6.07) is 7.06. The Morgan fingerprint density at radius 3 is 2.30 bits per heavy atom. The van der Waals surface area contributed by atoms with Gasteiger partial charge in [-0.15, -0.1) is 0 Å². The summed E-state index contributed by atoms with van der Waals surface area (Å²) in [6.45, 7) is 1.26. The van der Waals surface area contributed by atoms with Crippen LogP contribution in [0.2, 0.25) is 5.02 Å². The molecule has 1 heterocycles. The van der Waals surface area contributed by atoms with Gasteiger partial charge < -0.3 is 5.11 Å². The van der Waals surface area contributed by atoms with E-state index in [1.807, 2.05) is 0 Å². The summed E-state index contributed by atoms with van der Waals surface area (Å²) in [4.78, 5) is 3.68. The minimum absolute atomic E-state index is 0.189. The van der Waals surface area contributed by atoms with Gasteiger partial charge in [0.25, 0.3) is 0 Å². The molecule has 1 aromatic heterocycles. The van der Waals surface area contributed by atoms with E-state index in [1.165, 1.54) is 19.1 Å². The summed E-state index contributed by atoms with van der Waals surface area (Å²) >= 11 is 5.96. The largest absolute Gasteiger partial charge is 0.416 e. The lowest BCUT2D eigenvalue weighted by Gasteiger charge is -2.28. The molecule has 0 saturated carbocycles. The van der Waals surface area contributed by atoms with Crippen LogP contribution in [0.15, 0.2) is 42.7 Å². The molecule has 1 unspecified atom stereocenters. The maximum atomic E-state index is 13.0. The molecule has 1 aromatic carbocycles. The molecule has 0 aliphatic rings. The van der Waals surface area contributed by atoms with Crippen LogP contribution in [0.4, 0.5) is 13.2 Å². The SMILES string of the molecule is CC(O)(c1ccccc1Cl)c1cnccc1C(F)(F)F. The van der Waals surface area contributed by atoms with E-state index in [-0.39, 0.29) is 16.1 Å². The number of aliphatic hydroxyl groups is 1. The topological polar surface area (TPSA) is 33.1 Å². The minimum Gasteiger partial charge on any atom is -0.381 e. The molecule has 0 spiro atoms. The van der Waals surface area contributed by atoms with Crippen LogP contribution in [0.1, 0.15) is 23.6 Å². The average molecular weight is 302 g/mol. The van der Waals surface area contributed by atoms with E-state index >= 15 is 0 Å². The number of halogens is 4. The lowest BCUT2D eigenvalue weighted by Crippen LogP contribution is -2.27. The Labute approximate surface area is 118 Å². The fraction of sp³-hybridized carbons (Fsp3) is 0.214. The molecule has 0 aliphatic carbocycles. The molecular weight excluding hydrogens is 291 g/mol. The summed E-state index contributed by atoms with van der Waals surface area (Å²) in [5.74, 6) is 0. The standard InChI is InChI=1S/C14H11ClF3NO/c1-13(20,10-4-2-3-5-12(10)15)11-8-19-7-6-9(11)14(16,17)18/h2-8,20H,1H3. The van der Waals surface area contributed by atoms with Gasteiger partial charge in [-0.3, -0.25) is 4.98 Å². The second-order valence-electron chi connectivity index (χ2n) is 4.47. The monoisotopic (exact) mass is 301 g/mol. The van der Waals surface area contributed by atoms with Crippen molar-refractivity contribution in [3.05, 3.63) is 64.4 Å². The maximum absolute atomic E-state index is 13.0. The third kappa shape index (κ3) is 2.64. The third-order valence-corrected chi connectivity index (χ3v) is 3.38. The normalized spacial score (nSPS) is 14.9. The van der Waals surface area contributed by atoms with Gasteiger partial charge in [0, 0.05) is 28.5 Å². The first kappa shape index (κ1) is 14.8. The van der Waals surface area contributed by atoms with Gasteiger partial charge in [-0.1, -0.05) is 29.8 Å². The van der Waals surface area contributed by atoms with Crippen LogP contribution < -0.4 is 0 Å². The van der Waals surface area contributed by atoms with Gasteiger partial charge in [0.2, 0.25) is 0 Å². The Morgan fingerprint density at radius 1 is 1.05 bits per heavy atom. The van der Waals surface area contributed by atoms with Crippen molar-refractivity contribution in [2.45, 2.75) is 18.7 Å². The number of rotatable bonds is 2. The number of pyridine rings is 1. The number of hydrogen-bond donors (Lipinski definition) is 1. The number of nitrogens with zero attached hydrogens (tertiary/aromatic N) is 1. The average Bonchev–Trinajstić information content (AvgIpc) is 2.38. The van der Waals surface area contributed by atoms with Crippen LogP contribution >= 0.6 is 11.6 Å².